The molecule has 1 fully saturated rings. The molecule has 2 nitrogen and oxygen atoms in total. The number of halogens is 1. The monoisotopic (exact) mass is 449 g/mol. The first-order chi connectivity index (χ1) is 14.1. The van der Waals surface area contributed by atoms with E-state index >= 15 is 0 Å². The van der Waals surface area contributed by atoms with Crippen LogP contribution in [-0.2, 0) is 19.4 Å². The first-order valence-corrected chi connectivity index (χ1v) is 11.2. The van der Waals surface area contributed by atoms with Gasteiger partial charge in [0.05, 0.1) is 5.60 Å². The van der Waals surface area contributed by atoms with Gasteiger partial charge in [0.1, 0.15) is 0 Å². The molecular formula is C26H28BrNO. The number of likely N-dealkylation sites (tertiary alicyclic amines) is 1. The Kier molecular flexibility index (Phi) is 6.49. The van der Waals surface area contributed by atoms with Crippen molar-refractivity contribution in [2.24, 2.45) is 0 Å². The van der Waals surface area contributed by atoms with Crippen molar-refractivity contribution in [3.8, 4) is 0 Å². The Bertz CT molecular complexity index is 854. The molecule has 150 valence electrons. The number of benzene rings is 3. The zero-order valence-electron chi connectivity index (χ0n) is 16.7. The van der Waals surface area contributed by atoms with Crippen LogP contribution < -0.4 is 0 Å². The lowest BCUT2D eigenvalue weighted by Gasteiger charge is -2.40. The fourth-order valence-corrected chi connectivity index (χ4v) is 4.91. The van der Waals surface area contributed by atoms with Gasteiger partial charge in [-0.1, -0.05) is 88.7 Å². The van der Waals surface area contributed by atoms with Crippen LogP contribution in [0.3, 0.4) is 0 Å². The minimum absolute atomic E-state index is 0.145. The third-order valence-electron chi connectivity index (χ3n) is 5.99. The Morgan fingerprint density at radius 2 is 1.34 bits per heavy atom. The molecule has 0 aromatic heterocycles. The van der Waals surface area contributed by atoms with Crippen molar-refractivity contribution in [2.75, 3.05) is 6.54 Å². The fraction of sp³-hybridized carbons (Fsp3) is 0.308. The van der Waals surface area contributed by atoms with Crippen molar-refractivity contribution >= 4 is 15.9 Å². The highest BCUT2D eigenvalue weighted by molar-refractivity contribution is 9.10. The summed E-state index contributed by atoms with van der Waals surface area (Å²) in [5.41, 5.74) is 2.89. The first kappa shape index (κ1) is 20.3. The highest BCUT2D eigenvalue weighted by Crippen LogP contribution is 2.34. The molecule has 1 N–H and O–H groups in total. The third-order valence-corrected chi connectivity index (χ3v) is 6.52. The maximum Gasteiger partial charge on any atom is 0.0882 e. The van der Waals surface area contributed by atoms with Crippen LogP contribution in [0.15, 0.2) is 89.4 Å². The van der Waals surface area contributed by atoms with Gasteiger partial charge < -0.3 is 5.11 Å². The van der Waals surface area contributed by atoms with E-state index in [2.05, 4.69) is 93.6 Å². The zero-order chi connectivity index (χ0) is 20.1. The SMILES string of the molecule is OC(Cc1ccccc1)(Cc1ccccc1)C1CCCN1Cc1ccc(Br)cc1. The van der Waals surface area contributed by atoms with Crippen molar-refractivity contribution < 1.29 is 5.11 Å². The molecule has 3 aromatic rings. The third kappa shape index (κ3) is 5.16. The molecule has 0 amide bonds. The standard InChI is InChI=1S/C26H28BrNO/c27-24-15-13-23(14-16-24)20-28-17-7-12-25(28)26(29,18-21-8-3-1-4-9-21)19-22-10-5-2-6-11-22/h1-6,8-11,13-16,25,29H,7,12,17-20H2. The Labute approximate surface area is 182 Å². The summed E-state index contributed by atoms with van der Waals surface area (Å²) in [6, 6.07) is 29.5. The van der Waals surface area contributed by atoms with E-state index in [9.17, 15) is 5.11 Å². The summed E-state index contributed by atoms with van der Waals surface area (Å²) in [5.74, 6) is 0. The number of hydrogen-bond acceptors (Lipinski definition) is 2. The van der Waals surface area contributed by atoms with Gasteiger partial charge in [0.25, 0.3) is 0 Å². The van der Waals surface area contributed by atoms with Gasteiger partial charge in [-0.25, -0.2) is 0 Å². The second-order valence-corrected chi connectivity index (χ2v) is 9.10. The second kappa shape index (κ2) is 9.25. The number of aliphatic hydroxyl groups is 1. The molecule has 3 aromatic carbocycles. The van der Waals surface area contributed by atoms with Crippen molar-refractivity contribution in [3.63, 3.8) is 0 Å². The Hall–Kier alpha value is -1.94. The van der Waals surface area contributed by atoms with E-state index in [0.29, 0.717) is 12.8 Å². The van der Waals surface area contributed by atoms with E-state index in [-0.39, 0.29) is 6.04 Å². The van der Waals surface area contributed by atoms with Gasteiger partial charge in [0.2, 0.25) is 0 Å². The molecule has 3 heteroatoms. The predicted octanol–water partition coefficient (Wildman–Crippen LogP) is 5.63. The summed E-state index contributed by atoms with van der Waals surface area (Å²) >= 11 is 3.52. The van der Waals surface area contributed by atoms with Gasteiger partial charge in [0.15, 0.2) is 0 Å². The molecule has 0 radical (unpaired) electrons. The molecule has 1 unspecified atom stereocenters. The van der Waals surface area contributed by atoms with E-state index < -0.39 is 5.60 Å². The summed E-state index contributed by atoms with van der Waals surface area (Å²) in [7, 11) is 0. The number of rotatable bonds is 7. The summed E-state index contributed by atoms with van der Waals surface area (Å²) in [4.78, 5) is 2.48. The quantitative estimate of drug-likeness (QED) is 0.504. The van der Waals surface area contributed by atoms with Crippen LogP contribution in [0.2, 0.25) is 0 Å². The van der Waals surface area contributed by atoms with Crippen LogP contribution in [-0.4, -0.2) is 28.2 Å². The Balaban J connectivity index is 1.60. The average molecular weight is 450 g/mol. The molecule has 4 rings (SSSR count). The highest BCUT2D eigenvalue weighted by Gasteiger charge is 2.42. The topological polar surface area (TPSA) is 23.5 Å². The Morgan fingerprint density at radius 1 is 0.793 bits per heavy atom. The fourth-order valence-electron chi connectivity index (χ4n) is 4.65. The average Bonchev–Trinajstić information content (AvgIpc) is 3.20. The van der Waals surface area contributed by atoms with Gasteiger partial charge in [-0.2, -0.15) is 0 Å². The molecule has 0 spiro atoms. The van der Waals surface area contributed by atoms with Crippen molar-refractivity contribution in [3.05, 3.63) is 106 Å². The van der Waals surface area contributed by atoms with Crippen LogP contribution >= 0.6 is 15.9 Å². The van der Waals surface area contributed by atoms with E-state index in [4.69, 9.17) is 0 Å². The molecular weight excluding hydrogens is 422 g/mol. The van der Waals surface area contributed by atoms with E-state index in [1.807, 2.05) is 12.1 Å². The Morgan fingerprint density at radius 3 is 1.90 bits per heavy atom. The van der Waals surface area contributed by atoms with Gasteiger partial charge in [-0.15, -0.1) is 0 Å². The van der Waals surface area contributed by atoms with Gasteiger partial charge in [0, 0.05) is 29.9 Å². The number of nitrogens with zero attached hydrogens (tertiary/aromatic N) is 1. The lowest BCUT2D eigenvalue weighted by Crippen LogP contribution is -2.52. The molecule has 1 aliphatic rings. The molecule has 0 aliphatic carbocycles. The van der Waals surface area contributed by atoms with Gasteiger partial charge >= 0.3 is 0 Å². The molecule has 0 saturated carbocycles. The lowest BCUT2D eigenvalue weighted by atomic mass is 9.80. The minimum atomic E-state index is -0.797. The van der Waals surface area contributed by atoms with Crippen molar-refractivity contribution in [1.29, 1.82) is 0 Å². The smallest absolute Gasteiger partial charge is 0.0882 e. The molecule has 29 heavy (non-hydrogen) atoms. The predicted molar refractivity (Wildman–Crippen MR) is 123 cm³/mol. The zero-order valence-corrected chi connectivity index (χ0v) is 18.3. The van der Waals surface area contributed by atoms with Crippen molar-refractivity contribution in [2.45, 2.75) is 43.9 Å². The van der Waals surface area contributed by atoms with E-state index in [0.717, 1.165) is 30.4 Å². The highest BCUT2D eigenvalue weighted by atomic mass is 79.9. The molecule has 1 aliphatic heterocycles. The summed E-state index contributed by atoms with van der Waals surface area (Å²) < 4.78 is 1.10. The van der Waals surface area contributed by atoms with Crippen LogP contribution in [0.5, 0.6) is 0 Å². The van der Waals surface area contributed by atoms with Crippen LogP contribution in [0.25, 0.3) is 0 Å². The van der Waals surface area contributed by atoms with Crippen LogP contribution in [0.4, 0.5) is 0 Å². The maximum absolute atomic E-state index is 12.1. The molecule has 1 atom stereocenters. The summed E-state index contributed by atoms with van der Waals surface area (Å²) in [6.45, 7) is 1.91. The maximum atomic E-state index is 12.1. The minimum Gasteiger partial charge on any atom is -0.388 e. The summed E-state index contributed by atoms with van der Waals surface area (Å²) in [5, 5.41) is 12.1. The van der Waals surface area contributed by atoms with Crippen LogP contribution in [0.1, 0.15) is 29.5 Å². The van der Waals surface area contributed by atoms with Crippen molar-refractivity contribution in [1.82, 2.24) is 4.90 Å². The van der Waals surface area contributed by atoms with Gasteiger partial charge in [-0.3, -0.25) is 4.90 Å². The second-order valence-electron chi connectivity index (χ2n) is 8.18. The van der Waals surface area contributed by atoms with Crippen LogP contribution in [0, 0.1) is 0 Å². The summed E-state index contributed by atoms with van der Waals surface area (Å²) in [6.07, 6.45) is 3.51. The lowest BCUT2D eigenvalue weighted by molar-refractivity contribution is -0.0354. The number of hydrogen-bond donors (Lipinski definition) is 1. The van der Waals surface area contributed by atoms with E-state index in [1.165, 1.54) is 16.7 Å². The molecule has 1 saturated heterocycles. The molecule has 0 bridgehead atoms. The van der Waals surface area contributed by atoms with E-state index in [1.54, 1.807) is 0 Å². The molecule has 1 heterocycles. The normalized spacial score (nSPS) is 17.5. The largest absolute Gasteiger partial charge is 0.388 e. The van der Waals surface area contributed by atoms with Gasteiger partial charge in [-0.05, 0) is 48.2 Å². The first-order valence-electron chi connectivity index (χ1n) is 10.4.